The highest BCUT2D eigenvalue weighted by Crippen LogP contribution is 2.33. The minimum atomic E-state index is -2.91. The first kappa shape index (κ1) is 22.6. The Labute approximate surface area is 197 Å². The summed E-state index contributed by atoms with van der Waals surface area (Å²) in [5.41, 5.74) is 2.00. The summed E-state index contributed by atoms with van der Waals surface area (Å²) in [7, 11) is 1.67. The number of rotatable bonds is 5. The molecule has 0 fully saturated rings. The van der Waals surface area contributed by atoms with E-state index >= 15 is 0 Å². The molecule has 0 aliphatic carbocycles. The van der Waals surface area contributed by atoms with Gasteiger partial charge in [-0.1, -0.05) is 18.2 Å². The van der Waals surface area contributed by atoms with Crippen LogP contribution in [0.1, 0.15) is 36.3 Å². The van der Waals surface area contributed by atoms with Crippen LogP contribution in [0.5, 0.6) is 0 Å². The summed E-state index contributed by atoms with van der Waals surface area (Å²) >= 11 is 0. The van der Waals surface area contributed by atoms with E-state index in [2.05, 4.69) is 20.3 Å². The van der Waals surface area contributed by atoms with Gasteiger partial charge in [0.15, 0.2) is 5.65 Å². The monoisotopic (exact) mass is 478 g/mol. The molecule has 1 aromatic carbocycles. The zero-order valence-corrected chi connectivity index (χ0v) is 19.1. The number of hydrogen-bond acceptors (Lipinski definition) is 5. The summed E-state index contributed by atoms with van der Waals surface area (Å²) < 4.78 is 44.6. The Bertz CT molecular complexity index is 1640. The van der Waals surface area contributed by atoms with Crippen LogP contribution in [0.15, 0.2) is 59.8 Å². The third kappa shape index (κ3) is 3.90. The molecule has 5 rings (SSSR count). The molecule has 1 N–H and O–H groups in total. The Kier molecular flexibility index (Phi) is 5.50. The Morgan fingerprint density at radius 2 is 1.86 bits per heavy atom. The molecule has 0 aliphatic heterocycles. The summed E-state index contributed by atoms with van der Waals surface area (Å²) in [5.74, 6) is -0.0636. The summed E-state index contributed by atoms with van der Waals surface area (Å²) in [5, 5.41) is 3.80. The van der Waals surface area contributed by atoms with Crippen molar-refractivity contribution >= 4 is 22.4 Å². The highest BCUT2D eigenvalue weighted by molar-refractivity contribution is 6.00. The summed E-state index contributed by atoms with van der Waals surface area (Å²) in [6.45, 7) is 3.41. The van der Waals surface area contributed by atoms with Crippen LogP contribution in [-0.2, 0) is 7.05 Å². The van der Waals surface area contributed by atoms with Crippen molar-refractivity contribution in [2.75, 3.05) is 5.32 Å². The van der Waals surface area contributed by atoms with Gasteiger partial charge < -0.3 is 9.88 Å². The first-order valence-electron chi connectivity index (χ1n) is 10.9. The van der Waals surface area contributed by atoms with Gasteiger partial charge in [-0.2, -0.15) is 0 Å². The summed E-state index contributed by atoms with van der Waals surface area (Å²) in [4.78, 5) is 25.5. The zero-order valence-electron chi connectivity index (χ0n) is 19.1. The molecule has 1 atom stereocenters. The molecule has 5 aromatic rings. The molecule has 0 saturated heterocycles. The van der Waals surface area contributed by atoms with Crippen LogP contribution >= 0.6 is 0 Å². The largest absolute Gasteiger partial charge is 0.363 e. The highest BCUT2D eigenvalue weighted by Gasteiger charge is 2.21. The van der Waals surface area contributed by atoms with Gasteiger partial charge in [0.05, 0.1) is 17.3 Å². The van der Waals surface area contributed by atoms with E-state index < -0.39 is 23.8 Å². The molecule has 0 radical (unpaired) electrons. The molecule has 4 heterocycles. The SMILES string of the molecule is Cc1nc(NC(C)c2cccc(C(F)F)c2F)c2cc(-c3ccc(=O)n(C)c3)n3ccnc3c2n1. The number of anilines is 1. The topological polar surface area (TPSA) is 77.1 Å². The number of nitrogens with one attached hydrogen (secondary N) is 1. The Hall–Kier alpha value is -4.21. The fourth-order valence-electron chi connectivity index (χ4n) is 4.20. The van der Waals surface area contributed by atoms with Gasteiger partial charge in [0.1, 0.15) is 23.0 Å². The average Bonchev–Trinajstić information content (AvgIpc) is 3.31. The van der Waals surface area contributed by atoms with E-state index in [1.165, 1.54) is 22.8 Å². The number of fused-ring (bicyclic) bond motifs is 3. The number of aromatic nitrogens is 5. The van der Waals surface area contributed by atoms with Crippen LogP contribution in [0.2, 0.25) is 0 Å². The second-order valence-electron chi connectivity index (χ2n) is 8.32. The lowest BCUT2D eigenvalue weighted by atomic mass is 10.0. The molecule has 0 saturated carbocycles. The smallest absolute Gasteiger partial charge is 0.266 e. The number of hydrogen-bond donors (Lipinski definition) is 1. The van der Waals surface area contributed by atoms with Crippen molar-refractivity contribution in [1.29, 1.82) is 0 Å². The average molecular weight is 478 g/mol. The highest BCUT2D eigenvalue weighted by atomic mass is 19.3. The molecule has 0 aliphatic rings. The van der Waals surface area contributed by atoms with Crippen LogP contribution in [0, 0.1) is 12.7 Å². The molecule has 0 amide bonds. The van der Waals surface area contributed by atoms with Gasteiger partial charge >= 0.3 is 0 Å². The molecule has 1 unspecified atom stereocenters. The maximum atomic E-state index is 14.8. The molecular weight excluding hydrogens is 457 g/mol. The minimum absolute atomic E-state index is 0.104. The minimum Gasteiger partial charge on any atom is -0.363 e. The van der Waals surface area contributed by atoms with Crippen molar-refractivity contribution in [3.63, 3.8) is 0 Å². The Balaban J connectivity index is 1.69. The van der Waals surface area contributed by atoms with Crippen LogP contribution in [0.25, 0.3) is 27.8 Å². The number of aryl methyl sites for hydroxylation is 2. The van der Waals surface area contributed by atoms with E-state index in [-0.39, 0.29) is 11.1 Å². The van der Waals surface area contributed by atoms with Gasteiger partial charge in [-0.05, 0) is 26.0 Å². The van der Waals surface area contributed by atoms with Crippen molar-refractivity contribution in [3.05, 3.63) is 88.1 Å². The van der Waals surface area contributed by atoms with Gasteiger partial charge in [-0.25, -0.2) is 28.1 Å². The van der Waals surface area contributed by atoms with Crippen LogP contribution in [0.3, 0.4) is 0 Å². The maximum Gasteiger partial charge on any atom is 0.266 e. The number of benzene rings is 1. The quantitative estimate of drug-likeness (QED) is 0.376. The molecule has 4 aromatic heterocycles. The summed E-state index contributed by atoms with van der Waals surface area (Å²) in [6, 6.07) is 8.36. The van der Waals surface area contributed by atoms with Gasteiger partial charge in [-0.15, -0.1) is 0 Å². The normalized spacial score (nSPS) is 12.5. The lowest BCUT2D eigenvalue weighted by Gasteiger charge is -2.19. The van der Waals surface area contributed by atoms with Crippen molar-refractivity contribution in [3.8, 4) is 11.3 Å². The third-order valence-electron chi connectivity index (χ3n) is 5.95. The second-order valence-corrected chi connectivity index (χ2v) is 8.32. The van der Waals surface area contributed by atoms with E-state index in [4.69, 9.17) is 0 Å². The van der Waals surface area contributed by atoms with E-state index in [1.807, 2.05) is 10.5 Å². The van der Waals surface area contributed by atoms with Gasteiger partial charge in [0, 0.05) is 48.2 Å². The van der Waals surface area contributed by atoms with Gasteiger partial charge in [-0.3, -0.25) is 9.20 Å². The predicted molar refractivity (Wildman–Crippen MR) is 127 cm³/mol. The van der Waals surface area contributed by atoms with Crippen molar-refractivity contribution in [2.24, 2.45) is 7.05 Å². The zero-order chi connectivity index (χ0) is 24.9. The molecule has 178 valence electrons. The van der Waals surface area contributed by atoms with E-state index in [1.54, 1.807) is 45.6 Å². The molecule has 35 heavy (non-hydrogen) atoms. The number of alkyl halides is 2. The van der Waals surface area contributed by atoms with E-state index in [0.717, 1.165) is 17.3 Å². The fourth-order valence-corrected chi connectivity index (χ4v) is 4.20. The van der Waals surface area contributed by atoms with Crippen molar-refractivity contribution in [1.82, 2.24) is 23.9 Å². The maximum absolute atomic E-state index is 14.8. The number of imidazole rings is 1. The summed E-state index contributed by atoms with van der Waals surface area (Å²) in [6.07, 6.45) is 2.26. The lowest BCUT2D eigenvalue weighted by Crippen LogP contribution is -2.14. The molecule has 7 nitrogen and oxygen atoms in total. The molecule has 10 heteroatoms. The number of nitrogens with zero attached hydrogens (tertiary/aromatic N) is 5. The van der Waals surface area contributed by atoms with Crippen molar-refractivity contribution < 1.29 is 13.2 Å². The standard InChI is InChI=1S/C25H21F3N6O/c1-13(16-5-4-6-17(21(16)26)23(27)28)30-24-18-11-19(15-7-8-20(35)33(3)12-15)34-10-9-29-25(34)22(18)31-14(2)32-24/h4-13,23H,1-3H3,(H,30,31,32). The van der Waals surface area contributed by atoms with Gasteiger partial charge in [0.2, 0.25) is 5.56 Å². The first-order valence-corrected chi connectivity index (χ1v) is 10.9. The molecular formula is C25H21F3N6O. The van der Waals surface area contributed by atoms with Crippen LogP contribution < -0.4 is 10.9 Å². The van der Waals surface area contributed by atoms with E-state index in [9.17, 15) is 18.0 Å². The molecule has 0 spiro atoms. The fraction of sp³-hybridized carbons (Fsp3) is 0.200. The number of pyridine rings is 2. The Morgan fingerprint density at radius 3 is 2.60 bits per heavy atom. The van der Waals surface area contributed by atoms with Gasteiger partial charge in [0.25, 0.3) is 6.43 Å². The lowest BCUT2D eigenvalue weighted by molar-refractivity contribution is 0.146. The second kappa shape index (κ2) is 8.53. The van der Waals surface area contributed by atoms with Crippen molar-refractivity contribution in [2.45, 2.75) is 26.3 Å². The third-order valence-corrected chi connectivity index (χ3v) is 5.95. The van der Waals surface area contributed by atoms with Crippen LogP contribution in [0.4, 0.5) is 19.0 Å². The van der Waals surface area contributed by atoms with E-state index in [0.29, 0.717) is 28.2 Å². The molecule has 0 bridgehead atoms. The van der Waals surface area contributed by atoms with Crippen LogP contribution in [-0.4, -0.2) is 23.9 Å². The number of halogens is 3. The first-order chi connectivity index (χ1) is 16.7. The Morgan fingerprint density at radius 1 is 1.09 bits per heavy atom. The predicted octanol–water partition coefficient (Wildman–Crippen LogP) is 5.20.